The number of carbonyl (C=O) groups excluding carboxylic acids is 2. The van der Waals surface area contributed by atoms with Gasteiger partial charge in [0.2, 0.25) is 5.91 Å². The molecule has 7 heteroatoms. The third kappa shape index (κ3) is 3.59. The summed E-state index contributed by atoms with van der Waals surface area (Å²) < 4.78 is 0. The Morgan fingerprint density at radius 2 is 2.21 bits per heavy atom. The maximum absolute atomic E-state index is 11.9. The second-order valence-electron chi connectivity index (χ2n) is 5.11. The Labute approximate surface area is 111 Å². The third-order valence-corrected chi connectivity index (χ3v) is 3.64. The molecule has 1 unspecified atom stereocenters. The highest BCUT2D eigenvalue weighted by Crippen LogP contribution is 2.16. The summed E-state index contributed by atoms with van der Waals surface area (Å²) >= 11 is 0. The van der Waals surface area contributed by atoms with Crippen LogP contribution in [0.25, 0.3) is 0 Å². The molecule has 3 N–H and O–H groups in total. The van der Waals surface area contributed by atoms with Gasteiger partial charge in [0.15, 0.2) is 0 Å². The van der Waals surface area contributed by atoms with Crippen LogP contribution in [0.1, 0.15) is 25.7 Å². The Hall–Kier alpha value is -1.79. The van der Waals surface area contributed by atoms with E-state index in [4.69, 9.17) is 5.11 Å². The first kappa shape index (κ1) is 13.6. The SMILES string of the molecule is O=C1CCC(CNC(=O)N2CCC[C@H](C(=O)O)C2)N1. The van der Waals surface area contributed by atoms with Gasteiger partial charge in [0, 0.05) is 32.1 Å². The summed E-state index contributed by atoms with van der Waals surface area (Å²) in [4.78, 5) is 35.4. The highest BCUT2D eigenvalue weighted by atomic mass is 16.4. The molecular weight excluding hydrogens is 250 g/mol. The number of carboxylic acid groups (broad SMARTS) is 1. The number of amides is 3. The van der Waals surface area contributed by atoms with E-state index in [9.17, 15) is 14.4 Å². The van der Waals surface area contributed by atoms with Gasteiger partial charge in [-0.2, -0.15) is 0 Å². The van der Waals surface area contributed by atoms with Crippen molar-refractivity contribution in [2.45, 2.75) is 31.7 Å². The van der Waals surface area contributed by atoms with Gasteiger partial charge in [-0.3, -0.25) is 9.59 Å². The number of aliphatic carboxylic acids is 1. The first-order valence-corrected chi connectivity index (χ1v) is 6.61. The van der Waals surface area contributed by atoms with Crippen molar-refractivity contribution >= 4 is 17.9 Å². The van der Waals surface area contributed by atoms with E-state index in [-0.39, 0.29) is 24.5 Å². The summed E-state index contributed by atoms with van der Waals surface area (Å²) in [6.45, 7) is 1.25. The molecule has 2 heterocycles. The number of piperidine rings is 1. The molecule has 2 fully saturated rings. The molecule has 0 radical (unpaired) electrons. The molecule has 7 nitrogen and oxygen atoms in total. The Morgan fingerprint density at radius 1 is 1.42 bits per heavy atom. The van der Waals surface area contributed by atoms with Gasteiger partial charge in [0.1, 0.15) is 0 Å². The second-order valence-corrected chi connectivity index (χ2v) is 5.11. The Bertz CT molecular complexity index is 385. The smallest absolute Gasteiger partial charge is 0.317 e. The fraction of sp³-hybridized carbons (Fsp3) is 0.750. The molecule has 0 spiro atoms. The molecule has 0 saturated carbocycles. The predicted octanol–water partition coefficient (Wildman–Crippen LogP) is -0.229. The van der Waals surface area contributed by atoms with E-state index in [0.717, 1.165) is 6.42 Å². The lowest BCUT2D eigenvalue weighted by atomic mass is 9.99. The van der Waals surface area contributed by atoms with Crippen LogP contribution < -0.4 is 10.6 Å². The molecular formula is C12H19N3O4. The van der Waals surface area contributed by atoms with Crippen molar-refractivity contribution < 1.29 is 19.5 Å². The van der Waals surface area contributed by atoms with Crippen molar-refractivity contribution in [3.63, 3.8) is 0 Å². The fourth-order valence-corrected chi connectivity index (χ4v) is 2.52. The number of nitrogens with one attached hydrogen (secondary N) is 2. The minimum atomic E-state index is -0.847. The van der Waals surface area contributed by atoms with Crippen LogP contribution in [-0.4, -0.2) is 53.6 Å². The minimum Gasteiger partial charge on any atom is -0.481 e. The molecule has 0 aliphatic carbocycles. The summed E-state index contributed by atoms with van der Waals surface area (Å²) in [6, 6.07) is -0.247. The van der Waals surface area contributed by atoms with Gasteiger partial charge in [-0.25, -0.2) is 4.79 Å². The molecule has 0 aromatic heterocycles. The zero-order valence-corrected chi connectivity index (χ0v) is 10.7. The summed E-state index contributed by atoms with van der Waals surface area (Å²) in [5.74, 6) is -1.30. The van der Waals surface area contributed by atoms with Gasteiger partial charge >= 0.3 is 12.0 Å². The Morgan fingerprint density at radius 3 is 2.84 bits per heavy atom. The molecule has 2 atom stereocenters. The molecule has 2 rings (SSSR count). The van der Waals surface area contributed by atoms with E-state index >= 15 is 0 Å². The number of rotatable bonds is 3. The van der Waals surface area contributed by atoms with E-state index in [2.05, 4.69) is 10.6 Å². The number of carboxylic acids is 1. The van der Waals surface area contributed by atoms with Crippen LogP contribution in [0.5, 0.6) is 0 Å². The average Bonchev–Trinajstić information content (AvgIpc) is 2.82. The zero-order chi connectivity index (χ0) is 13.8. The molecule has 3 amide bonds. The highest BCUT2D eigenvalue weighted by molar-refractivity contribution is 5.79. The highest BCUT2D eigenvalue weighted by Gasteiger charge is 2.28. The molecule has 2 saturated heterocycles. The van der Waals surface area contributed by atoms with Crippen LogP contribution in [0.15, 0.2) is 0 Å². The van der Waals surface area contributed by atoms with Crippen molar-refractivity contribution in [3.8, 4) is 0 Å². The van der Waals surface area contributed by atoms with Crippen molar-refractivity contribution in [2.24, 2.45) is 5.92 Å². The number of urea groups is 1. The maximum Gasteiger partial charge on any atom is 0.317 e. The van der Waals surface area contributed by atoms with Crippen molar-refractivity contribution in [3.05, 3.63) is 0 Å². The number of likely N-dealkylation sites (tertiary alicyclic amines) is 1. The van der Waals surface area contributed by atoms with E-state index in [1.807, 2.05) is 0 Å². The van der Waals surface area contributed by atoms with Crippen LogP contribution in [0.2, 0.25) is 0 Å². The summed E-state index contributed by atoms with van der Waals surface area (Å²) in [5, 5.41) is 14.5. The van der Waals surface area contributed by atoms with Gasteiger partial charge in [0.05, 0.1) is 5.92 Å². The lowest BCUT2D eigenvalue weighted by Gasteiger charge is -2.31. The van der Waals surface area contributed by atoms with Gasteiger partial charge < -0.3 is 20.6 Å². The lowest BCUT2D eigenvalue weighted by molar-refractivity contribution is -0.143. The van der Waals surface area contributed by atoms with Gasteiger partial charge in [0.25, 0.3) is 0 Å². The van der Waals surface area contributed by atoms with Crippen LogP contribution in [0.4, 0.5) is 4.79 Å². The largest absolute Gasteiger partial charge is 0.481 e. The summed E-state index contributed by atoms with van der Waals surface area (Å²) in [6.07, 6.45) is 2.57. The van der Waals surface area contributed by atoms with E-state index in [0.29, 0.717) is 32.4 Å². The summed E-state index contributed by atoms with van der Waals surface area (Å²) in [5.41, 5.74) is 0. The number of hydrogen-bond acceptors (Lipinski definition) is 3. The van der Waals surface area contributed by atoms with Crippen molar-refractivity contribution in [1.82, 2.24) is 15.5 Å². The number of carbonyl (C=O) groups is 3. The van der Waals surface area contributed by atoms with Crippen LogP contribution >= 0.6 is 0 Å². The number of hydrogen-bond donors (Lipinski definition) is 3. The molecule has 0 aromatic carbocycles. The van der Waals surface area contributed by atoms with E-state index in [1.165, 1.54) is 0 Å². The standard InChI is InChI=1S/C12H19N3O4/c16-10-4-3-9(14-10)6-13-12(19)15-5-1-2-8(7-15)11(17)18/h8-9H,1-7H2,(H,13,19)(H,14,16)(H,17,18)/t8-,9?/m0/s1. The number of nitrogens with zero attached hydrogens (tertiary/aromatic N) is 1. The van der Waals surface area contributed by atoms with Gasteiger partial charge in [-0.05, 0) is 19.3 Å². The maximum atomic E-state index is 11.9. The molecule has 0 aromatic rings. The van der Waals surface area contributed by atoms with Crippen molar-refractivity contribution in [2.75, 3.05) is 19.6 Å². The van der Waals surface area contributed by atoms with E-state index in [1.54, 1.807) is 4.90 Å². The van der Waals surface area contributed by atoms with Crippen LogP contribution in [-0.2, 0) is 9.59 Å². The zero-order valence-electron chi connectivity index (χ0n) is 10.7. The predicted molar refractivity (Wildman–Crippen MR) is 66.5 cm³/mol. The molecule has 2 aliphatic heterocycles. The second kappa shape index (κ2) is 5.90. The molecule has 0 bridgehead atoms. The Kier molecular flexibility index (Phi) is 4.24. The minimum absolute atomic E-state index is 0.00323. The monoisotopic (exact) mass is 269 g/mol. The molecule has 106 valence electrons. The van der Waals surface area contributed by atoms with Gasteiger partial charge in [-0.1, -0.05) is 0 Å². The molecule has 19 heavy (non-hydrogen) atoms. The topological polar surface area (TPSA) is 98.7 Å². The first-order chi connectivity index (χ1) is 9.06. The van der Waals surface area contributed by atoms with E-state index < -0.39 is 11.9 Å². The average molecular weight is 269 g/mol. The quantitative estimate of drug-likeness (QED) is 0.659. The van der Waals surface area contributed by atoms with Crippen molar-refractivity contribution in [1.29, 1.82) is 0 Å². The normalized spacial score (nSPS) is 26.9. The fourth-order valence-electron chi connectivity index (χ4n) is 2.52. The summed E-state index contributed by atoms with van der Waals surface area (Å²) in [7, 11) is 0. The van der Waals surface area contributed by atoms with Gasteiger partial charge in [-0.15, -0.1) is 0 Å². The Balaban J connectivity index is 1.76. The first-order valence-electron chi connectivity index (χ1n) is 6.61. The van der Waals surface area contributed by atoms with Crippen LogP contribution in [0, 0.1) is 5.92 Å². The third-order valence-electron chi connectivity index (χ3n) is 3.64. The lowest BCUT2D eigenvalue weighted by Crippen LogP contribution is -2.49. The van der Waals surface area contributed by atoms with Crippen LogP contribution in [0.3, 0.4) is 0 Å². The molecule has 2 aliphatic rings.